The summed E-state index contributed by atoms with van der Waals surface area (Å²) >= 11 is 0. The van der Waals surface area contributed by atoms with E-state index in [0.717, 1.165) is 0 Å². The molecule has 1 aromatic rings. The second-order valence-electron chi connectivity index (χ2n) is 3.90. The van der Waals surface area contributed by atoms with Crippen molar-refractivity contribution in [3.05, 3.63) is 16.4 Å². The number of carbonyl (C=O) groups is 1. The smallest absolute Gasteiger partial charge is 0.406 e. The van der Waals surface area contributed by atoms with Crippen LogP contribution in [0.15, 0.2) is 6.33 Å². The number of hydrogen-bond donors (Lipinski definition) is 2. The van der Waals surface area contributed by atoms with Crippen LogP contribution >= 0.6 is 0 Å². The zero-order valence-corrected chi connectivity index (χ0v) is 9.80. The molecule has 0 amide bonds. The molecule has 1 rings (SSSR count). The molecular formula is C9H14N4O4. The van der Waals surface area contributed by atoms with Crippen molar-refractivity contribution >= 4 is 17.6 Å². The molecule has 8 heteroatoms. The Kier molecular flexibility index (Phi) is 3.35. The second-order valence-corrected chi connectivity index (χ2v) is 3.90. The number of rotatable bonds is 5. The molecule has 0 aliphatic rings. The highest BCUT2D eigenvalue weighted by molar-refractivity contribution is 5.82. The van der Waals surface area contributed by atoms with Gasteiger partial charge in [-0.25, -0.2) is 4.79 Å². The number of nitrogens with zero attached hydrogens (tertiary/aromatic N) is 3. The fourth-order valence-corrected chi connectivity index (χ4v) is 1.25. The van der Waals surface area contributed by atoms with Crippen LogP contribution in [0.4, 0.5) is 11.6 Å². The van der Waals surface area contributed by atoms with Gasteiger partial charge in [0.05, 0.1) is 0 Å². The molecule has 0 bridgehead atoms. The van der Waals surface area contributed by atoms with Gasteiger partial charge in [0.25, 0.3) is 0 Å². The number of imidazole rings is 1. The Labute approximate surface area is 97.4 Å². The molecule has 1 atom stereocenters. The third-order valence-corrected chi connectivity index (χ3v) is 2.66. The number of aliphatic carboxylic acids is 1. The molecule has 2 N–H and O–H groups in total. The minimum atomic E-state index is -1.27. The van der Waals surface area contributed by atoms with Gasteiger partial charge in [-0.15, -0.1) is 0 Å². The van der Waals surface area contributed by atoms with Gasteiger partial charge in [-0.2, -0.15) is 0 Å². The molecule has 0 saturated heterocycles. The van der Waals surface area contributed by atoms with Gasteiger partial charge in [0.1, 0.15) is 5.54 Å². The Hall–Kier alpha value is -2.12. The van der Waals surface area contributed by atoms with Crippen molar-refractivity contribution in [2.24, 2.45) is 7.05 Å². The zero-order chi connectivity index (χ0) is 13.2. The molecule has 1 heterocycles. The predicted molar refractivity (Wildman–Crippen MR) is 59.8 cm³/mol. The summed E-state index contributed by atoms with van der Waals surface area (Å²) in [4.78, 5) is 24.8. The van der Waals surface area contributed by atoms with E-state index in [-0.39, 0.29) is 18.1 Å². The summed E-state index contributed by atoms with van der Waals surface area (Å²) in [7, 11) is 1.56. The average molecular weight is 242 g/mol. The number of aryl methyl sites for hydroxylation is 1. The molecule has 17 heavy (non-hydrogen) atoms. The monoisotopic (exact) mass is 242 g/mol. The highest BCUT2D eigenvalue weighted by atomic mass is 16.6. The Morgan fingerprint density at radius 2 is 2.35 bits per heavy atom. The first kappa shape index (κ1) is 12.9. The van der Waals surface area contributed by atoms with Gasteiger partial charge in [-0.3, -0.25) is 4.57 Å². The van der Waals surface area contributed by atoms with Gasteiger partial charge in [0, 0.05) is 7.05 Å². The van der Waals surface area contributed by atoms with E-state index in [1.54, 1.807) is 14.0 Å². The molecule has 8 nitrogen and oxygen atoms in total. The third kappa shape index (κ3) is 2.35. The van der Waals surface area contributed by atoms with Crippen LogP contribution in [0.1, 0.15) is 20.3 Å². The lowest BCUT2D eigenvalue weighted by atomic mass is 9.99. The molecule has 94 valence electrons. The lowest BCUT2D eigenvalue weighted by Gasteiger charge is -2.25. The first-order valence-electron chi connectivity index (χ1n) is 4.99. The summed E-state index contributed by atoms with van der Waals surface area (Å²) in [5, 5.41) is 22.5. The Bertz CT molecular complexity index is 456. The topological polar surface area (TPSA) is 110 Å². The molecule has 1 unspecified atom stereocenters. The van der Waals surface area contributed by atoms with Crippen LogP contribution < -0.4 is 5.32 Å². The van der Waals surface area contributed by atoms with Gasteiger partial charge in [-0.1, -0.05) is 6.92 Å². The largest absolute Gasteiger partial charge is 0.480 e. The van der Waals surface area contributed by atoms with Gasteiger partial charge in [0.15, 0.2) is 0 Å². The minimum absolute atomic E-state index is 0.0850. The molecule has 0 aliphatic carbocycles. The van der Waals surface area contributed by atoms with Gasteiger partial charge in [0.2, 0.25) is 12.1 Å². The van der Waals surface area contributed by atoms with Gasteiger partial charge < -0.3 is 20.5 Å². The summed E-state index contributed by atoms with van der Waals surface area (Å²) in [6.45, 7) is 3.15. The van der Waals surface area contributed by atoms with Crippen molar-refractivity contribution in [1.29, 1.82) is 0 Å². The molecule has 0 fully saturated rings. The van der Waals surface area contributed by atoms with E-state index in [0.29, 0.717) is 0 Å². The number of carboxylic acids is 1. The first-order valence-corrected chi connectivity index (χ1v) is 4.99. The highest BCUT2D eigenvalue weighted by Crippen LogP contribution is 2.26. The second kappa shape index (κ2) is 4.40. The van der Waals surface area contributed by atoms with Crippen LogP contribution in [0, 0.1) is 10.1 Å². The van der Waals surface area contributed by atoms with E-state index in [1.807, 2.05) is 0 Å². The molecule has 0 saturated carbocycles. The standard InChI is InChI=1S/C9H14N4O4/c1-4-9(2,8(14)15)11-7-6(13(16)17)10-5-12(7)3/h5,11H,4H2,1-3H3,(H,14,15). The third-order valence-electron chi connectivity index (χ3n) is 2.66. The molecule has 0 spiro atoms. The number of aromatic nitrogens is 2. The summed E-state index contributed by atoms with van der Waals surface area (Å²) in [5.74, 6) is -1.37. The summed E-state index contributed by atoms with van der Waals surface area (Å²) in [6, 6.07) is 0. The number of nitro groups is 1. The lowest BCUT2D eigenvalue weighted by Crippen LogP contribution is -2.43. The summed E-state index contributed by atoms with van der Waals surface area (Å²) in [5.41, 5.74) is -1.27. The number of carboxylic acid groups (broad SMARTS) is 1. The van der Waals surface area contributed by atoms with Crippen molar-refractivity contribution in [2.75, 3.05) is 5.32 Å². The Morgan fingerprint density at radius 1 is 1.76 bits per heavy atom. The maximum absolute atomic E-state index is 11.1. The van der Waals surface area contributed by atoms with Crippen LogP contribution in [0.5, 0.6) is 0 Å². The van der Waals surface area contributed by atoms with Gasteiger partial charge >= 0.3 is 11.8 Å². The Balaban J connectivity index is 3.14. The van der Waals surface area contributed by atoms with E-state index in [9.17, 15) is 14.9 Å². The van der Waals surface area contributed by atoms with Crippen LogP contribution in [-0.2, 0) is 11.8 Å². The normalized spacial score (nSPS) is 14.1. The maximum Gasteiger partial charge on any atom is 0.406 e. The Morgan fingerprint density at radius 3 is 2.76 bits per heavy atom. The van der Waals surface area contributed by atoms with Gasteiger partial charge in [-0.05, 0) is 23.3 Å². The van der Waals surface area contributed by atoms with Crippen LogP contribution in [0.3, 0.4) is 0 Å². The summed E-state index contributed by atoms with van der Waals surface area (Å²) < 4.78 is 1.38. The van der Waals surface area contributed by atoms with Crippen molar-refractivity contribution in [2.45, 2.75) is 25.8 Å². The molecule has 0 radical (unpaired) electrons. The lowest BCUT2D eigenvalue weighted by molar-refractivity contribution is -0.388. The SMILES string of the molecule is CCC(C)(Nc1c([N+](=O)[O-])ncn1C)C(=O)O. The average Bonchev–Trinajstić information content (AvgIpc) is 2.60. The predicted octanol–water partition coefficient (Wildman–Crippen LogP) is 0.993. The van der Waals surface area contributed by atoms with E-state index in [1.165, 1.54) is 17.8 Å². The van der Waals surface area contributed by atoms with E-state index in [4.69, 9.17) is 5.11 Å². The minimum Gasteiger partial charge on any atom is -0.480 e. The molecule has 0 aromatic carbocycles. The van der Waals surface area contributed by atoms with Crippen molar-refractivity contribution in [3.63, 3.8) is 0 Å². The van der Waals surface area contributed by atoms with E-state index >= 15 is 0 Å². The van der Waals surface area contributed by atoms with Crippen LogP contribution in [-0.4, -0.2) is 31.1 Å². The highest BCUT2D eigenvalue weighted by Gasteiger charge is 2.35. The number of nitrogens with one attached hydrogen (secondary N) is 1. The first-order chi connectivity index (χ1) is 7.81. The number of hydrogen-bond acceptors (Lipinski definition) is 5. The van der Waals surface area contributed by atoms with Crippen LogP contribution in [0.25, 0.3) is 0 Å². The van der Waals surface area contributed by atoms with E-state index < -0.39 is 16.4 Å². The quantitative estimate of drug-likeness (QED) is 0.588. The fourth-order valence-electron chi connectivity index (χ4n) is 1.25. The van der Waals surface area contributed by atoms with Crippen molar-refractivity contribution in [1.82, 2.24) is 9.55 Å². The maximum atomic E-state index is 11.1. The summed E-state index contributed by atoms with van der Waals surface area (Å²) in [6.07, 6.45) is 1.54. The van der Waals surface area contributed by atoms with Crippen LogP contribution in [0.2, 0.25) is 0 Å². The van der Waals surface area contributed by atoms with E-state index in [2.05, 4.69) is 10.3 Å². The molecule has 1 aromatic heterocycles. The molecule has 0 aliphatic heterocycles. The zero-order valence-electron chi connectivity index (χ0n) is 9.80. The van der Waals surface area contributed by atoms with Crippen molar-refractivity contribution in [3.8, 4) is 0 Å². The molecular weight excluding hydrogens is 228 g/mol. The van der Waals surface area contributed by atoms with Crippen molar-refractivity contribution < 1.29 is 14.8 Å². The fraction of sp³-hybridized carbons (Fsp3) is 0.556. The number of anilines is 1.